The molecule has 1 heterocycles. The Labute approximate surface area is 156 Å². The molecule has 0 N–H and O–H groups in total. The second-order valence-corrected chi connectivity index (χ2v) is 8.19. The highest BCUT2D eigenvalue weighted by molar-refractivity contribution is 9.10. The molecule has 128 valence electrons. The van der Waals surface area contributed by atoms with E-state index in [9.17, 15) is 0 Å². The van der Waals surface area contributed by atoms with Gasteiger partial charge in [0.05, 0.1) is 7.11 Å². The largest absolute Gasteiger partial charge is 0.494 e. The third-order valence-corrected chi connectivity index (χ3v) is 6.02. The number of halogens is 1. The molecular formula is C21H21BrN2O. The minimum Gasteiger partial charge on any atom is -0.494 e. The normalized spacial score (nSPS) is 17.2. The van der Waals surface area contributed by atoms with Crippen molar-refractivity contribution in [1.29, 1.82) is 0 Å². The molecule has 0 atom stereocenters. The summed E-state index contributed by atoms with van der Waals surface area (Å²) in [5.41, 5.74) is 4.74. The van der Waals surface area contributed by atoms with Crippen molar-refractivity contribution in [3.8, 4) is 17.1 Å². The van der Waals surface area contributed by atoms with E-state index in [4.69, 9.17) is 9.72 Å². The lowest BCUT2D eigenvalue weighted by Crippen LogP contribution is -2.03. The van der Waals surface area contributed by atoms with Crippen molar-refractivity contribution in [3.63, 3.8) is 0 Å². The molecule has 0 unspecified atom stereocenters. The molecule has 3 nitrogen and oxygen atoms in total. The molecule has 0 amide bonds. The zero-order valence-electron chi connectivity index (χ0n) is 14.3. The third-order valence-electron chi connectivity index (χ3n) is 5.38. The van der Waals surface area contributed by atoms with Gasteiger partial charge in [-0.25, -0.2) is 4.98 Å². The molecule has 0 spiro atoms. The zero-order valence-corrected chi connectivity index (χ0v) is 15.9. The Hall–Kier alpha value is -1.81. The number of aromatic nitrogens is 2. The van der Waals surface area contributed by atoms with Crippen LogP contribution in [0.4, 0.5) is 0 Å². The molecule has 4 heteroatoms. The maximum absolute atomic E-state index is 5.65. The van der Waals surface area contributed by atoms with Crippen molar-refractivity contribution in [1.82, 2.24) is 9.55 Å². The fourth-order valence-electron chi connectivity index (χ4n) is 3.62. The van der Waals surface area contributed by atoms with E-state index in [1.807, 2.05) is 12.1 Å². The van der Waals surface area contributed by atoms with Gasteiger partial charge in [0.25, 0.3) is 0 Å². The van der Waals surface area contributed by atoms with Crippen molar-refractivity contribution in [2.75, 3.05) is 7.11 Å². The summed E-state index contributed by atoms with van der Waals surface area (Å²) in [5.74, 6) is 3.50. The number of rotatable bonds is 5. The van der Waals surface area contributed by atoms with E-state index in [1.165, 1.54) is 36.8 Å². The van der Waals surface area contributed by atoms with Gasteiger partial charge in [-0.05, 0) is 71.1 Å². The molecule has 0 radical (unpaired) electrons. The molecule has 2 aliphatic carbocycles. The molecule has 2 aromatic carbocycles. The predicted molar refractivity (Wildman–Crippen MR) is 104 cm³/mol. The van der Waals surface area contributed by atoms with Crippen LogP contribution in [0.3, 0.4) is 0 Å². The molecule has 2 aliphatic rings. The lowest BCUT2D eigenvalue weighted by molar-refractivity contribution is 0.417. The van der Waals surface area contributed by atoms with Crippen LogP contribution in [0.1, 0.15) is 37.2 Å². The van der Waals surface area contributed by atoms with Gasteiger partial charge < -0.3 is 9.30 Å². The van der Waals surface area contributed by atoms with Crippen LogP contribution in [0, 0.1) is 5.92 Å². The Morgan fingerprint density at radius 1 is 1.08 bits per heavy atom. The van der Waals surface area contributed by atoms with E-state index in [-0.39, 0.29) is 0 Å². The summed E-state index contributed by atoms with van der Waals surface area (Å²) in [4.78, 5) is 5.00. The third kappa shape index (κ3) is 2.77. The Morgan fingerprint density at radius 2 is 1.84 bits per heavy atom. The highest BCUT2D eigenvalue weighted by atomic mass is 79.9. The standard InChI is InChI=1S/C21H21BrN2O/c1-25-18-11-10-17(22)19-20(18)24(12-13-2-3-13)21(23-19)16-8-6-15(7-9-16)14-4-5-14/h6-11,13-14H,2-5,12H2,1H3. The first-order valence-corrected chi connectivity index (χ1v) is 9.87. The van der Waals surface area contributed by atoms with Crippen LogP contribution < -0.4 is 4.74 Å². The second-order valence-electron chi connectivity index (χ2n) is 7.33. The van der Waals surface area contributed by atoms with Gasteiger partial charge in [0.1, 0.15) is 22.6 Å². The number of methoxy groups -OCH3 is 1. The monoisotopic (exact) mass is 396 g/mol. The summed E-state index contributed by atoms with van der Waals surface area (Å²) in [6.07, 6.45) is 5.31. The number of fused-ring (bicyclic) bond motifs is 1. The second kappa shape index (κ2) is 5.87. The lowest BCUT2D eigenvalue weighted by Gasteiger charge is -2.11. The number of benzene rings is 2. The Bertz CT molecular complexity index is 937. The van der Waals surface area contributed by atoms with Crippen molar-refractivity contribution in [2.45, 2.75) is 38.1 Å². The summed E-state index contributed by atoms with van der Waals surface area (Å²) in [6.45, 7) is 1.02. The van der Waals surface area contributed by atoms with Gasteiger partial charge in [-0.3, -0.25) is 0 Å². The van der Waals surface area contributed by atoms with Gasteiger partial charge in [0.2, 0.25) is 0 Å². The van der Waals surface area contributed by atoms with Gasteiger partial charge in [0.15, 0.2) is 0 Å². The van der Waals surface area contributed by atoms with Gasteiger partial charge in [0, 0.05) is 16.6 Å². The molecule has 25 heavy (non-hydrogen) atoms. The van der Waals surface area contributed by atoms with Crippen LogP contribution in [-0.2, 0) is 6.54 Å². The summed E-state index contributed by atoms with van der Waals surface area (Å²) in [5, 5.41) is 0. The molecular weight excluding hydrogens is 376 g/mol. The highest BCUT2D eigenvalue weighted by Crippen LogP contribution is 2.42. The maximum atomic E-state index is 5.65. The van der Waals surface area contributed by atoms with Crippen molar-refractivity contribution < 1.29 is 4.74 Å². The molecule has 0 saturated heterocycles. The first-order chi connectivity index (χ1) is 12.2. The molecule has 2 saturated carbocycles. The SMILES string of the molecule is COc1ccc(Br)c2nc(-c3ccc(C4CC4)cc3)n(CC3CC3)c12. The summed E-state index contributed by atoms with van der Waals surface area (Å²) < 4.78 is 9.04. The predicted octanol–water partition coefficient (Wildman–Crippen LogP) is 5.76. The van der Waals surface area contributed by atoms with Crippen molar-refractivity contribution >= 4 is 27.0 Å². The lowest BCUT2D eigenvalue weighted by atomic mass is 10.1. The topological polar surface area (TPSA) is 27.1 Å². The van der Waals surface area contributed by atoms with Crippen molar-refractivity contribution in [3.05, 3.63) is 46.4 Å². The number of hydrogen-bond donors (Lipinski definition) is 0. The number of ether oxygens (including phenoxy) is 1. The van der Waals surface area contributed by atoms with Gasteiger partial charge in [-0.15, -0.1) is 0 Å². The Morgan fingerprint density at radius 3 is 2.48 bits per heavy atom. The minimum absolute atomic E-state index is 0.769. The fraction of sp³-hybridized carbons (Fsp3) is 0.381. The molecule has 5 rings (SSSR count). The quantitative estimate of drug-likeness (QED) is 0.547. The fourth-order valence-corrected chi connectivity index (χ4v) is 4.03. The van der Waals surface area contributed by atoms with E-state index in [1.54, 1.807) is 7.11 Å². The average Bonchev–Trinajstić information content (AvgIpc) is 3.54. The van der Waals surface area contributed by atoms with E-state index in [0.29, 0.717) is 0 Å². The van der Waals surface area contributed by atoms with Crippen LogP contribution in [0.5, 0.6) is 5.75 Å². The number of imidazole rings is 1. The Balaban J connectivity index is 1.68. The molecule has 1 aromatic heterocycles. The first-order valence-electron chi connectivity index (χ1n) is 9.07. The summed E-state index contributed by atoms with van der Waals surface area (Å²) in [6, 6.07) is 13.1. The highest BCUT2D eigenvalue weighted by Gasteiger charge is 2.27. The molecule has 0 aliphatic heterocycles. The van der Waals surface area contributed by atoms with Crippen LogP contribution in [0.15, 0.2) is 40.9 Å². The van der Waals surface area contributed by atoms with E-state index < -0.39 is 0 Å². The van der Waals surface area contributed by atoms with Crippen LogP contribution in [-0.4, -0.2) is 16.7 Å². The van der Waals surface area contributed by atoms with E-state index in [2.05, 4.69) is 44.8 Å². The minimum atomic E-state index is 0.769. The van der Waals surface area contributed by atoms with Gasteiger partial charge >= 0.3 is 0 Å². The Kier molecular flexibility index (Phi) is 3.63. The maximum Gasteiger partial charge on any atom is 0.144 e. The van der Waals surface area contributed by atoms with Gasteiger partial charge in [-0.2, -0.15) is 0 Å². The molecule has 3 aromatic rings. The first kappa shape index (κ1) is 15.4. The van der Waals surface area contributed by atoms with Crippen LogP contribution in [0.2, 0.25) is 0 Å². The van der Waals surface area contributed by atoms with Gasteiger partial charge in [-0.1, -0.05) is 24.3 Å². The molecule has 2 fully saturated rings. The average molecular weight is 397 g/mol. The van der Waals surface area contributed by atoms with Crippen LogP contribution in [0.25, 0.3) is 22.4 Å². The summed E-state index contributed by atoms with van der Waals surface area (Å²) >= 11 is 3.67. The van der Waals surface area contributed by atoms with Crippen LogP contribution >= 0.6 is 15.9 Å². The van der Waals surface area contributed by atoms with E-state index in [0.717, 1.165) is 45.5 Å². The molecule has 0 bridgehead atoms. The zero-order chi connectivity index (χ0) is 17.0. The number of nitrogens with zero attached hydrogens (tertiary/aromatic N) is 2. The van der Waals surface area contributed by atoms with E-state index >= 15 is 0 Å². The smallest absolute Gasteiger partial charge is 0.144 e. The number of hydrogen-bond acceptors (Lipinski definition) is 2. The summed E-state index contributed by atoms with van der Waals surface area (Å²) in [7, 11) is 1.74. The van der Waals surface area contributed by atoms with Crippen molar-refractivity contribution in [2.24, 2.45) is 5.92 Å².